The van der Waals surface area contributed by atoms with Crippen LogP contribution >= 0.6 is 0 Å². The van der Waals surface area contributed by atoms with Crippen LogP contribution in [0.1, 0.15) is 26.7 Å². The summed E-state index contributed by atoms with van der Waals surface area (Å²) in [5, 5.41) is 11.3. The number of carbonyl (C=O) groups is 3. The van der Waals surface area contributed by atoms with Gasteiger partial charge in [0.05, 0.1) is 13.2 Å². The molecule has 0 aliphatic carbocycles. The number of amides is 2. The molecule has 2 N–H and O–H groups in total. The highest BCUT2D eigenvalue weighted by molar-refractivity contribution is 5.93. The Morgan fingerprint density at radius 2 is 2.11 bits per heavy atom. The molecule has 2 atom stereocenters. The molecule has 108 valence electrons. The second-order valence-corrected chi connectivity index (χ2v) is 4.64. The van der Waals surface area contributed by atoms with Crippen LogP contribution in [0.2, 0.25) is 0 Å². The van der Waals surface area contributed by atoms with Gasteiger partial charge in [-0.2, -0.15) is 0 Å². The Balaban J connectivity index is 2.55. The van der Waals surface area contributed by atoms with Crippen LogP contribution in [0.4, 0.5) is 4.79 Å². The van der Waals surface area contributed by atoms with Gasteiger partial charge in [0.2, 0.25) is 5.91 Å². The molecule has 1 aliphatic heterocycles. The quantitative estimate of drug-likeness (QED) is 0.771. The molecule has 1 fully saturated rings. The molecule has 0 radical (unpaired) electrons. The van der Waals surface area contributed by atoms with Gasteiger partial charge in [0.15, 0.2) is 0 Å². The lowest BCUT2D eigenvalue weighted by atomic mass is 9.91. The van der Waals surface area contributed by atoms with Crippen LogP contribution < -0.4 is 5.32 Å². The lowest BCUT2D eigenvalue weighted by molar-refractivity contribution is -0.147. The fourth-order valence-electron chi connectivity index (χ4n) is 2.36. The Morgan fingerprint density at radius 1 is 1.42 bits per heavy atom. The summed E-state index contributed by atoms with van der Waals surface area (Å²) in [6, 6.07) is -0.679. The number of ether oxygens (including phenoxy) is 1. The largest absolute Gasteiger partial charge is 0.480 e. The van der Waals surface area contributed by atoms with Crippen LogP contribution in [0.5, 0.6) is 0 Å². The highest BCUT2D eigenvalue weighted by atomic mass is 16.5. The average molecular weight is 272 g/mol. The van der Waals surface area contributed by atoms with Crippen molar-refractivity contribution in [3.63, 3.8) is 0 Å². The maximum Gasteiger partial charge on any atom is 0.413 e. The number of likely N-dealkylation sites (tertiary alicyclic amines) is 1. The van der Waals surface area contributed by atoms with Gasteiger partial charge in [-0.1, -0.05) is 6.92 Å². The van der Waals surface area contributed by atoms with Gasteiger partial charge in [0, 0.05) is 0 Å². The van der Waals surface area contributed by atoms with Crippen LogP contribution in [0.15, 0.2) is 0 Å². The first-order valence-electron chi connectivity index (χ1n) is 6.39. The zero-order valence-electron chi connectivity index (χ0n) is 11.2. The molecule has 1 heterocycles. The van der Waals surface area contributed by atoms with E-state index in [2.05, 4.69) is 10.1 Å². The highest BCUT2D eigenvalue weighted by Crippen LogP contribution is 2.23. The maximum absolute atomic E-state index is 11.6. The fourth-order valence-corrected chi connectivity index (χ4v) is 2.36. The number of carboxylic acids is 1. The zero-order chi connectivity index (χ0) is 14.4. The number of alkyl carbamates (subject to hydrolysis) is 1. The normalized spacial score (nSPS) is 23.7. The predicted molar refractivity (Wildman–Crippen MR) is 66.6 cm³/mol. The van der Waals surface area contributed by atoms with Gasteiger partial charge in [-0.25, -0.2) is 4.79 Å². The molecule has 2 unspecified atom stereocenters. The smallest absolute Gasteiger partial charge is 0.413 e. The SMILES string of the molecule is CCOC(=O)NC(=O)CN1CCCC(C)C1C(=O)O. The Kier molecular flexibility index (Phi) is 5.75. The summed E-state index contributed by atoms with van der Waals surface area (Å²) in [6.07, 6.45) is 0.870. The standard InChI is InChI=1S/C12H20N2O5/c1-3-19-12(18)13-9(15)7-14-6-4-5-8(2)10(14)11(16)17/h8,10H,3-7H2,1-2H3,(H,16,17)(H,13,15,18). The molecule has 1 aliphatic rings. The van der Waals surface area contributed by atoms with E-state index in [1.54, 1.807) is 11.8 Å². The molecule has 1 rings (SSSR count). The zero-order valence-corrected chi connectivity index (χ0v) is 11.2. The molecule has 0 spiro atoms. The van der Waals surface area contributed by atoms with Gasteiger partial charge in [0.25, 0.3) is 0 Å². The van der Waals surface area contributed by atoms with Gasteiger partial charge in [-0.05, 0) is 32.2 Å². The number of hydrogen-bond donors (Lipinski definition) is 2. The minimum absolute atomic E-state index is 0.0124. The van der Waals surface area contributed by atoms with Gasteiger partial charge < -0.3 is 9.84 Å². The Bertz CT molecular complexity index is 358. The Hall–Kier alpha value is -1.63. The Morgan fingerprint density at radius 3 is 2.68 bits per heavy atom. The van der Waals surface area contributed by atoms with Crippen LogP contribution in [0.25, 0.3) is 0 Å². The van der Waals surface area contributed by atoms with Crippen molar-refractivity contribution in [3.05, 3.63) is 0 Å². The lowest BCUT2D eigenvalue weighted by Crippen LogP contribution is -2.53. The third-order valence-electron chi connectivity index (χ3n) is 3.15. The molecule has 7 nitrogen and oxygen atoms in total. The second-order valence-electron chi connectivity index (χ2n) is 4.64. The summed E-state index contributed by atoms with van der Waals surface area (Å²) < 4.78 is 4.59. The van der Waals surface area contributed by atoms with Gasteiger partial charge in [-0.15, -0.1) is 0 Å². The maximum atomic E-state index is 11.6. The minimum Gasteiger partial charge on any atom is -0.480 e. The minimum atomic E-state index is -0.934. The van der Waals surface area contributed by atoms with E-state index in [1.807, 2.05) is 6.92 Å². The van der Waals surface area contributed by atoms with Gasteiger partial charge in [0.1, 0.15) is 6.04 Å². The number of imide groups is 1. The first kappa shape index (κ1) is 15.4. The second kappa shape index (κ2) is 7.08. The van der Waals surface area contributed by atoms with E-state index in [0.29, 0.717) is 6.54 Å². The first-order chi connectivity index (χ1) is 8.95. The predicted octanol–water partition coefficient (Wildman–Crippen LogP) is 0.444. The van der Waals surface area contributed by atoms with Crippen molar-refractivity contribution >= 4 is 18.0 Å². The molecule has 0 saturated carbocycles. The third kappa shape index (κ3) is 4.51. The summed E-state index contributed by atoms with van der Waals surface area (Å²) in [6.45, 7) is 4.10. The topological polar surface area (TPSA) is 95.9 Å². The molecular weight excluding hydrogens is 252 g/mol. The molecule has 7 heteroatoms. The van der Waals surface area contributed by atoms with Crippen LogP contribution in [-0.2, 0) is 14.3 Å². The average Bonchev–Trinajstić information content (AvgIpc) is 2.28. The number of nitrogens with zero attached hydrogens (tertiary/aromatic N) is 1. The summed E-state index contributed by atoms with van der Waals surface area (Å²) in [7, 11) is 0. The van der Waals surface area contributed by atoms with E-state index in [9.17, 15) is 19.5 Å². The number of rotatable bonds is 4. The summed E-state index contributed by atoms with van der Waals surface area (Å²) in [5.74, 6) is -1.49. The van der Waals surface area contributed by atoms with E-state index >= 15 is 0 Å². The van der Waals surface area contributed by atoms with E-state index in [0.717, 1.165) is 12.8 Å². The van der Waals surface area contributed by atoms with E-state index in [4.69, 9.17) is 0 Å². The van der Waals surface area contributed by atoms with Gasteiger partial charge >= 0.3 is 12.1 Å². The molecule has 1 saturated heterocycles. The van der Waals surface area contributed by atoms with Crippen LogP contribution in [0, 0.1) is 5.92 Å². The van der Waals surface area contributed by atoms with Gasteiger partial charge in [-0.3, -0.25) is 19.8 Å². The fraction of sp³-hybridized carbons (Fsp3) is 0.750. The van der Waals surface area contributed by atoms with Crippen molar-refractivity contribution in [1.82, 2.24) is 10.2 Å². The lowest BCUT2D eigenvalue weighted by Gasteiger charge is -2.36. The molecule has 19 heavy (non-hydrogen) atoms. The molecule has 0 aromatic heterocycles. The highest BCUT2D eigenvalue weighted by Gasteiger charge is 2.35. The van der Waals surface area contributed by atoms with Crippen molar-refractivity contribution < 1.29 is 24.2 Å². The van der Waals surface area contributed by atoms with E-state index in [-0.39, 0.29) is 19.1 Å². The molecular formula is C12H20N2O5. The number of hydrogen-bond acceptors (Lipinski definition) is 5. The molecule has 0 aromatic carbocycles. The number of aliphatic carboxylic acids is 1. The van der Waals surface area contributed by atoms with Crippen molar-refractivity contribution in [2.24, 2.45) is 5.92 Å². The first-order valence-corrected chi connectivity index (χ1v) is 6.39. The van der Waals surface area contributed by atoms with Crippen molar-refractivity contribution in [2.45, 2.75) is 32.7 Å². The summed E-state index contributed by atoms with van der Waals surface area (Å²) in [4.78, 5) is 35.5. The van der Waals surface area contributed by atoms with Crippen LogP contribution in [0.3, 0.4) is 0 Å². The van der Waals surface area contributed by atoms with E-state index < -0.39 is 24.0 Å². The molecule has 2 amide bonds. The van der Waals surface area contributed by atoms with Crippen molar-refractivity contribution in [2.75, 3.05) is 19.7 Å². The molecule has 0 bridgehead atoms. The van der Waals surface area contributed by atoms with Crippen LogP contribution in [-0.4, -0.2) is 53.7 Å². The Labute approximate surface area is 111 Å². The number of nitrogens with one attached hydrogen (secondary N) is 1. The van der Waals surface area contributed by atoms with Crippen molar-refractivity contribution in [3.8, 4) is 0 Å². The monoisotopic (exact) mass is 272 g/mol. The number of carboxylic acid groups (broad SMARTS) is 1. The summed E-state index contributed by atoms with van der Waals surface area (Å²) >= 11 is 0. The van der Waals surface area contributed by atoms with Crippen molar-refractivity contribution in [1.29, 1.82) is 0 Å². The number of carbonyl (C=O) groups excluding carboxylic acids is 2. The molecule has 0 aromatic rings. The summed E-state index contributed by atoms with van der Waals surface area (Å²) in [5.41, 5.74) is 0. The number of piperidine rings is 1. The third-order valence-corrected chi connectivity index (χ3v) is 3.15. The van der Waals surface area contributed by atoms with E-state index in [1.165, 1.54) is 0 Å².